The third kappa shape index (κ3) is 7.56. The number of aliphatic hydroxyl groups is 1. The first-order valence-electron chi connectivity index (χ1n) is 13.2. The first-order valence-corrected chi connectivity index (χ1v) is 13.2. The molecule has 0 aromatic heterocycles. The van der Waals surface area contributed by atoms with Gasteiger partial charge in [-0.3, -0.25) is 0 Å². The number of carbonyl (C=O) groups is 1. The molecule has 1 aliphatic rings. The molecule has 0 heterocycles. The molecule has 0 unspecified atom stereocenters. The lowest BCUT2D eigenvalue weighted by molar-refractivity contribution is -0.138. The fraction of sp³-hybridized carbons (Fsp3) is 0.516. The van der Waals surface area contributed by atoms with Crippen LogP contribution in [0, 0.1) is 5.92 Å². The standard InChI is InChI=1S/C31H42O3/c1-4-5-6-7-24-10-14-27(15-11-24)30-17-16-28(26-12-8-25(9-13-26)18-20-32)22-29(30)19-21-34-31(33)23(2)3/h8-9,12-13,16-17,22,24,27,32H,2,4-7,10-11,14-15,18-21H2,1,3H3. The zero-order valence-corrected chi connectivity index (χ0v) is 21.2. The van der Waals surface area contributed by atoms with Gasteiger partial charge >= 0.3 is 5.97 Å². The fourth-order valence-electron chi connectivity index (χ4n) is 5.22. The lowest BCUT2D eigenvalue weighted by atomic mass is 9.75. The van der Waals surface area contributed by atoms with E-state index in [0.717, 1.165) is 17.9 Å². The molecule has 0 atom stereocenters. The van der Waals surface area contributed by atoms with Gasteiger partial charge in [0.2, 0.25) is 0 Å². The van der Waals surface area contributed by atoms with Crippen molar-refractivity contribution in [3.8, 4) is 11.1 Å². The molecule has 2 aromatic carbocycles. The maximum atomic E-state index is 11.9. The van der Waals surface area contributed by atoms with Gasteiger partial charge in [0.15, 0.2) is 0 Å². The number of hydrogen-bond acceptors (Lipinski definition) is 3. The van der Waals surface area contributed by atoms with E-state index >= 15 is 0 Å². The number of benzene rings is 2. The van der Waals surface area contributed by atoms with Gasteiger partial charge in [-0.15, -0.1) is 0 Å². The van der Waals surface area contributed by atoms with Crippen LogP contribution in [0.4, 0.5) is 0 Å². The summed E-state index contributed by atoms with van der Waals surface area (Å²) >= 11 is 0. The molecule has 34 heavy (non-hydrogen) atoms. The highest BCUT2D eigenvalue weighted by Gasteiger charge is 2.24. The zero-order chi connectivity index (χ0) is 24.3. The molecule has 1 fully saturated rings. The lowest BCUT2D eigenvalue weighted by Gasteiger charge is -2.30. The molecule has 0 aliphatic heterocycles. The number of rotatable bonds is 12. The monoisotopic (exact) mass is 462 g/mol. The fourth-order valence-corrected chi connectivity index (χ4v) is 5.22. The summed E-state index contributed by atoms with van der Waals surface area (Å²) in [6, 6.07) is 15.3. The summed E-state index contributed by atoms with van der Waals surface area (Å²) in [7, 11) is 0. The third-order valence-electron chi connectivity index (χ3n) is 7.29. The van der Waals surface area contributed by atoms with Crippen LogP contribution in [0.15, 0.2) is 54.6 Å². The van der Waals surface area contributed by atoms with Gasteiger partial charge in [-0.05, 0) is 78.7 Å². The van der Waals surface area contributed by atoms with Crippen LogP contribution in [-0.2, 0) is 22.4 Å². The highest BCUT2D eigenvalue weighted by atomic mass is 16.5. The minimum absolute atomic E-state index is 0.169. The zero-order valence-electron chi connectivity index (χ0n) is 21.2. The number of aliphatic hydroxyl groups excluding tert-OH is 1. The van der Waals surface area contributed by atoms with Crippen molar-refractivity contribution in [3.63, 3.8) is 0 Å². The highest BCUT2D eigenvalue weighted by molar-refractivity contribution is 5.86. The Kier molecular flexibility index (Phi) is 10.4. The molecular formula is C31H42O3. The van der Waals surface area contributed by atoms with E-state index < -0.39 is 0 Å². The predicted molar refractivity (Wildman–Crippen MR) is 141 cm³/mol. The molecule has 1 N–H and O–H groups in total. The van der Waals surface area contributed by atoms with Crippen molar-refractivity contribution < 1.29 is 14.6 Å². The Balaban J connectivity index is 1.75. The molecule has 3 rings (SSSR count). The second-order valence-electron chi connectivity index (χ2n) is 9.96. The van der Waals surface area contributed by atoms with Gasteiger partial charge in [0, 0.05) is 18.6 Å². The van der Waals surface area contributed by atoms with Crippen LogP contribution in [0.25, 0.3) is 11.1 Å². The summed E-state index contributed by atoms with van der Waals surface area (Å²) in [6.45, 7) is 8.20. The van der Waals surface area contributed by atoms with Gasteiger partial charge in [-0.25, -0.2) is 4.79 Å². The highest BCUT2D eigenvalue weighted by Crippen LogP contribution is 2.40. The van der Waals surface area contributed by atoms with E-state index in [2.05, 4.69) is 56.0 Å². The van der Waals surface area contributed by atoms with Crippen molar-refractivity contribution >= 4 is 5.97 Å². The summed E-state index contributed by atoms with van der Waals surface area (Å²) < 4.78 is 5.45. The van der Waals surface area contributed by atoms with Crippen LogP contribution in [-0.4, -0.2) is 24.3 Å². The maximum Gasteiger partial charge on any atom is 0.333 e. The topological polar surface area (TPSA) is 46.5 Å². The van der Waals surface area contributed by atoms with Crippen molar-refractivity contribution in [2.45, 2.75) is 84.0 Å². The van der Waals surface area contributed by atoms with E-state index in [1.807, 2.05) is 0 Å². The Labute approximate surface area is 206 Å². The van der Waals surface area contributed by atoms with Crippen molar-refractivity contribution in [2.24, 2.45) is 5.92 Å². The first kappa shape index (κ1) is 26.2. The van der Waals surface area contributed by atoms with Crippen molar-refractivity contribution in [1.29, 1.82) is 0 Å². The SMILES string of the molecule is C=C(C)C(=O)OCCc1cc(-c2ccc(CCO)cc2)ccc1C1CCC(CCCCC)CC1. The molecule has 184 valence electrons. The summed E-state index contributed by atoms with van der Waals surface area (Å²) in [6.07, 6.45) is 12.0. The first-order chi connectivity index (χ1) is 16.5. The Morgan fingerprint density at radius 1 is 1.00 bits per heavy atom. The molecule has 0 spiro atoms. The van der Waals surface area contributed by atoms with E-state index in [1.54, 1.807) is 6.92 Å². The molecule has 1 aliphatic carbocycles. The molecule has 0 radical (unpaired) electrons. The lowest BCUT2D eigenvalue weighted by Crippen LogP contribution is -2.16. The Morgan fingerprint density at radius 3 is 2.35 bits per heavy atom. The molecule has 2 aromatic rings. The second-order valence-corrected chi connectivity index (χ2v) is 9.96. The Hall–Kier alpha value is -2.39. The van der Waals surface area contributed by atoms with Crippen molar-refractivity contribution in [1.82, 2.24) is 0 Å². The average Bonchev–Trinajstić information content (AvgIpc) is 2.85. The Bertz CT molecular complexity index is 920. The molecule has 3 nitrogen and oxygen atoms in total. The van der Waals surface area contributed by atoms with Gasteiger partial charge < -0.3 is 9.84 Å². The van der Waals surface area contributed by atoms with Crippen LogP contribution < -0.4 is 0 Å². The minimum Gasteiger partial charge on any atom is -0.462 e. The van der Waals surface area contributed by atoms with E-state index in [-0.39, 0.29) is 12.6 Å². The van der Waals surface area contributed by atoms with E-state index in [9.17, 15) is 9.90 Å². The number of ether oxygens (including phenoxy) is 1. The van der Waals surface area contributed by atoms with Gasteiger partial charge in [0.05, 0.1) is 6.61 Å². The van der Waals surface area contributed by atoms with Crippen molar-refractivity contribution in [3.05, 3.63) is 71.3 Å². The van der Waals surface area contributed by atoms with Crippen LogP contribution in [0.2, 0.25) is 0 Å². The van der Waals surface area contributed by atoms with Crippen LogP contribution in [0.1, 0.15) is 87.8 Å². The molecule has 1 saturated carbocycles. The molecular weight excluding hydrogens is 420 g/mol. The molecule has 0 bridgehead atoms. The van der Waals surface area contributed by atoms with E-state index in [0.29, 0.717) is 24.5 Å². The van der Waals surface area contributed by atoms with Gasteiger partial charge in [0.1, 0.15) is 0 Å². The second kappa shape index (κ2) is 13.5. The van der Waals surface area contributed by atoms with Crippen LogP contribution in [0.5, 0.6) is 0 Å². The summed E-state index contributed by atoms with van der Waals surface area (Å²) in [4.78, 5) is 11.9. The number of carbonyl (C=O) groups excluding carboxylic acids is 1. The molecule has 0 saturated heterocycles. The smallest absolute Gasteiger partial charge is 0.333 e. The molecule has 0 amide bonds. The average molecular weight is 463 g/mol. The van der Waals surface area contributed by atoms with Gasteiger partial charge in [-0.2, -0.15) is 0 Å². The van der Waals surface area contributed by atoms with Gasteiger partial charge in [-0.1, -0.05) is 81.7 Å². The van der Waals surface area contributed by atoms with E-state index in [4.69, 9.17) is 4.74 Å². The third-order valence-corrected chi connectivity index (χ3v) is 7.29. The summed E-state index contributed by atoms with van der Waals surface area (Å²) in [5.74, 6) is 1.17. The normalized spacial score (nSPS) is 18.0. The summed E-state index contributed by atoms with van der Waals surface area (Å²) in [5.41, 5.74) is 6.67. The van der Waals surface area contributed by atoms with Crippen LogP contribution in [0.3, 0.4) is 0 Å². The quantitative estimate of drug-likeness (QED) is 0.203. The van der Waals surface area contributed by atoms with E-state index in [1.165, 1.54) is 73.6 Å². The minimum atomic E-state index is -0.315. The van der Waals surface area contributed by atoms with Crippen molar-refractivity contribution in [2.75, 3.05) is 13.2 Å². The predicted octanol–water partition coefficient (Wildman–Crippen LogP) is 7.40. The number of hydrogen-bond donors (Lipinski definition) is 1. The maximum absolute atomic E-state index is 11.9. The largest absolute Gasteiger partial charge is 0.462 e. The Morgan fingerprint density at radius 2 is 1.71 bits per heavy atom. The molecule has 3 heteroatoms. The number of esters is 1. The van der Waals surface area contributed by atoms with Crippen LogP contribution >= 0.6 is 0 Å². The van der Waals surface area contributed by atoms with Gasteiger partial charge in [0.25, 0.3) is 0 Å². The summed E-state index contributed by atoms with van der Waals surface area (Å²) in [5, 5.41) is 9.18. The number of unbranched alkanes of at least 4 members (excludes halogenated alkanes) is 2.